The average molecular weight is 368 g/mol. The van der Waals surface area contributed by atoms with Gasteiger partial charge in [0.05, 0.1) is 7.11 Å². The van der Waals surface area contributed by atoms with Gasteiger partial charge in [0.2, 0.25) is 11.8 Å². The van der Waals surface area contributed by atoms with Crippen LogP contribution in [0.25, 0.3) is 0 Å². The molecule has 2 aromatic rings. The molecule has 1 N–H and O–H groups in total. The van der Waals surface area contributed by atoms with Gasteiger partial charge in [0, 0.05) is 19.0 Å². The number of carbonyl (C=O) groups excluding carboxylic acids is 2. The average Bonchev–Trinajstić information content (AvgIpc) is 2.68. The molecule has 2 amide bonds. The normalized spacial score (nSPS) is 11.7. The van der Waals surface area contributed by atoms with E-state index in [2.05, 4.69) is 5.32 Å². The summed E-state index contributed by atoms with van der Waals surface area (Å²) >= 11 is 0. The molecule has 0 saturated carbocycles. The summed E-state index contributed by atoms with van der Waals surface area (Å²) in [5.41, 5.74) is 1.74. The van der Waals surface area contributed by atoms with Gasteiger partial charge in [-0.1, -0.05) is 56.3 Å². The van der Waals surface area contributed by atoms with Crippen molar-refractivity contribution in [3.63, 3.8) is 0 Å². The lowest BCUT2D eigenvalue weighted by atomic mass is 10.0. The van der Waals surface area contributed by atoms with Crippen molar-refractivity contribution in [2.24, 2.45) is 5.92 Å². The Labute approximate surface area is 161 Å². The summed E-state index contributed by atoms with van der Waals surface area (Å²) in [6.07, 6.45) is 0. The summed E-state index contributed by atoms with van der Waals surface area (Å²) in [5, 5.41) is 2.87. The molecule has 0 fully saturated rings. The fourth-order valence-corrected chi connectivity index (χ4v) is 2.93. The molecule has 0 aromatic heterocycles. The molecule has 0 radical (unpaired) electrons. The van der Waals surface area contributed by atoms with Gasteiger partial charge in [-0.25, -0.2) is 0 Å². The Hall–Kier alpha value is -2.82. The minimum Gasteiger partial charge on any atom is -0.497 e. The Morgan fingerprint density at radius 1 is 1.04 bits per heavy atom. The zero-order chi connectivity index (χ0) is 19.8. The van der Waals surface area contributed by atoms with Crippen LogP contribution in [-0.2, 0) is 16.1 Å². The van der Waals surface area contributed by atoms with Gasteiger partial charge >= 0.3 is 0 Å². The minimum absolute atomic E-state index is 0.0640. The van der Waals surface area contributed by atoms with Gasteiger partial charge in [-0.2, -0.15) is 0 Å². The zero-order valence-electron chi connectivity index (χ0n) is 16.4. The minimum atomic E-state index is -0.678. The molecule has 0 aliphatic rings. The molecule has 0 bridgehead atoms. The lowest BCUT2D eigenvalue weighted by Crippen LogP contribution is -2.44. The molecule has 0 aliphatic carbocycles. The van der Waals surface area contributed by atoms with E-state index >= 15 is 0 Å². The summed E-state index contributed by atoms with van der Waals surface area (Å²) in [7, 11) is 1.62. The number of rotatable bonds is 8. The van der Waals surface area contributed by atoms with Crippen LogP contribution in [0.5, 0.6) is 5.75 Å². The van der Waals surface area contributed by atoms with Crippen LogP contribution in [0.1, 0.15) is 37.9 Å². The molecule has 0 spiro atoms. The maximum atomic E-state index is 13.0. The van der Waals surface area contributed by atoms with Crippen molar-refractivity contribution in [1.82, 2.24) is 10.2 Å². The third-order valence-corrected chi connectivity index (χ3v) is 4.32. The number of nitrogens with zero attached hydrogens (tertiary/aromatic N) is 1. The highest BCUT2D eigenvalue weighted by Gasteiger charge is 2.32. The van der Waals surface area contributed by atoms with Crippen LogP contribution in [0, 0.1) is 5.92 Å². The van der Waals surface area contributed by atoms with Crippen LogP contribution in [0.2, 0.25) is 0 Å². The smallest absolute Gasteiger partial charge is 0.247 e. The van der Waals surface area contributed by atoms with E-state index in [0.717, 1.165) is 16.9 Å². The van der Waals surface area contributed by atoms with Crippen molar-refractivity contribution in [3.05, 3.63) is 65.7 Å². The predicted molar refractivity (Wildman–Crippen MR) is 106 cm³/mol. The highest BCUT2D eigenvalue weighted by molar-refractivity contribution is 5.89. The fraction of sp³-hybridized carbons (Fsp3) is 0.364. The largest absolute Gasteiger partial charge is 0.497 e. The molecule has 5 nitrogen and oxygen atoms in total. The van der Waals surface area contributed by atoms with Crippen LogP contribution in [-0.4, -0.2) is 30.4 Å². The summed E-state index contributed by atoms with van der Waals surface area (Å²) in [6, 6.07) is 16.3. The lowest BCUT2D eigenvalue weighted by molar-refractivity contribution is -0.144. The first kappa shape index (κ1) is 20.5. The van der Waals surface area contributed by atoms with Gasteiger partial charge < -0.3 is 15.0 Å². The molecule has 0 unspecified atom stereocenters. The first-order chi connectivity index (χ1) is 13.0. The van der Waals surface area contributed by atoms with E-state index in [1.165, 1.54) is 0 Å². The number of ether oxygens (including phenoxy) is 1. The molecule has 0 saturated heterocycles. The van der Waals surface area contributed by atoms with E-state index in [9.17, 15) is 9.59 Å². The number of hydrogen-bond donors (Lipinski definition) is 1. The number of hydrogen-bond acceptors (Lipinski definition) is 3. The van der Waals surface area contributed by atoms with E-state index in [1.54, 1.807) is 12.0 Å². The van der Waals surface area contributed by atoms with E-state index in [0.29, 0.717) is 13.1 Å². The predicted octanol–water partition coefficient (Wildman–Crippen LogP) is 3.56. The van der Waals surface area contributed by atoms with Gasteiger partial charge in [0.25, 0.3) is 0 Å². The van der Waals surface area contributed by atoms with Crippen molar-refractivity contribution in [1.29, 1.82) is 0 Å². The number of benzene rings is 2. The van der Waals surface area contributed by atoms with E-state index in [-0.39, 0.29) is 17.7 Å². The van der Waals surface area contributed by atoms with Gasteiger partial charge in [0.15, 0.2) is 0 Å². The molecule has 1 atom stereocenters. The van der Waals surface area contributed by atoms with Gasteiger partial charge in [-0.05, 0) is 30.2 Å². The third kappa shape index (κ3) is 5.33. The highest BCUT2D eigenvalue weighted by Crippen LogP contribution is 2.26. The number of methoxy groups -OCH3 is 1. The molecule has 144 valence electrons. The Morgan fingerprint density at radius 2 is 1.67 bits per heavy atom. The van der Waals surface area contributed by atoms with Crippen molar-refractivity contribution < 1.29 is 14.3 Å². The Kier molecular flexibility index (Phi) is 7.41. The van der Waals surface area contributed by atoms with E-state index in [1.807, 2.05) is 75.4 Å². The molecule has 2 aromatic carbocycles. The maximum Gasteiger partial charge on any atom is 0.247 e. The summed E-state index contributed by atoms with van der Waals surface area (Å²) in [5.74, 6) is 0.296. The third-order valence-electron chi connectivity index (χ3n) is 4.32. The quantitative estimate of drug-likeness (QED) is 0.775. The second-order valence-electron chi connectivity index (χ2n) is 6.68. The van der Waals surface area contributed by atoms with Crippen LogP contribution < -0.4 is 10.1 Å². The molecule has 0 aliphatic heterocycles. The van der Waals surface area contributed by atoms with Crippen molar-refractivity contribution in [2.75, 3.05) is 13.7 Å². The monoisotopic (exact) mass is 368 g/mol. The Bertz CT molecular complexity index is 742. The Balaban J connectivity index is 2.43. The second-order valence-corrected chi connectivity index (χ2v) is 6.68. The summed E-state index contributed by atoms with van der Waals surface area (Å²) < 4.78 is 5.20. The van der Waals surface area contributed by atoms with Crippen LogP contribution in [0.4, 0.5) is 0 Å². The number of likely N-dealkylation sites (N-methyl/N-ethyl adjacent to an activating group) is 1. The van der Waals surface area contributed by atoms with Gasteiger partial charge in [0.1, 0.15) is 11.8 Å². The molecule has 2 rings (SSSR count). The highest BCUT2D eigenvalue weighted by atomic mass is 16.5. The van der Waals surface area contributed by atoms with E-state index < -0.39 is 6.04 Å². The zero-order valence-corrected chi connectivity index (χ0v) is 16.4. The Morgan fingerprint density at radius 3 is 2.19 bits per heavy atom. The first-order valence-electron chi connectivity index (χ1n) is 9.24. The van der Waals surface area contributed by atoms with Crippen LogP contribution in [0.3, 0.4) is 0 Å². The van der Waals surface area contributed by atoms with E-state index in [4.69, 9.17) is 4.74 Å². The summed E-state index contributed by atoms with van der Waals surface area (Å²) in [6.45, 7) is 6.43. The topological polar surface area (TPSA) is 58.6 Å². The van der Waals surface area contributed by atoms with Gasteiger partial charge in [-0.3, -0.25) is 9.59 Å². The molecular weight excluding hydrogens is 340 g/mol. The van der Waals surface area contributed by atoms with Gasteiger partial charge in [-0.15, -0.1) is 0 Å². The van der Waals surface area contributed by atoms with Crippen LogP contribution >= 0.6 is 0 Å². The maximum absolute atomic E-state index is 13.0. The van der Waals surface area contributed by atoms with Crippen molar-refractivity contribution in [3.8, 4) is 5.75 Å². The molecule has 0 heterocycles. The number of nitrogens with one attached hydrogen (secondary N) is 1. The van der Waals surface area contributed by atoms with Crippen molar-refractivity contribution >= 4 is 11.8 Å². The van der Waals surface area contributed by atoms with Crippen molar-refractivity contribution in [2.45, 2.75) is 33.4 Å². The standard InChI is InChI=1S/C22H28N2O3/c1-5-23-21(25)20(18-9-7-6-8-10-18)24(22(26)16(2)3)15-17-11-13-19(27-4)14-12-17/h6-14,16,20H,5,15H2,1-4H3,(H,23,25)/t20-/m0/s1. The second kappa shape index (κ2) is 9.76. The van der Waals surface area contributed by atoms with Crippen LogP contribution in [0.15, 0.2) is 54.6 Å². The molecular formula is C22H28N2O3. The first-order valence-corrected chi connectivity index (χ1v) is 9.24. The number of amides is 2. The molecule has 5 heteroatoms. The summed E-state index contributed by atoms with van der Waals surface area (Å²) in [4.78, 5) is 27.6. The number of carbonyl (C=O) groups is 2. The molecule has 27 heavy (non-hydrogen) atoms. The fourth-order valence-electron chi connectivity index (χ4n) is 2.93. The lowest BCUT2D eigenvalue weighted by Gasteiger charge is -2.32. The SMILES string of the molecule is CCNC(=O)[C@H](c1ccccc1)N(Cc1ccc(OC)cc1)C(=O)C(C)C.